The van der Waals surface area contributed by atoms with Crippen LogP contribution in [0.3, 0.4) is 0 Å². The minimum absolute atomic E-state index is 0.584. The van der Waals surface area contributed by atoms with Gasteiger partial charge >= 0.3 is 0 Å². The van der Waals surface area contributed by atoms with Crippen LogP contribution in [0.1, 0.15) is 32.6 Å². The fourth-order valence-corrected chi connectivity index (χ4v) is 2.75. The Hall–Kier alpha value is -1.84. The number of hydrogen-bond donors (Lipinski definition) is 1. The van der Waals surface area contributed by atoms with E-state index in [0.717, 1.165) is 17.3 Å². The van der Waals surface area contributed by atoms with E-state index in [1.54, 1.807) is 12.7 Å². The smallest absolute Gasteiger partial charge is 0.138 e. The van der Waals surface area contributed by atoms with E-state index in [9.17, 15) is 0 Å². The van der Waals surface area contributed by atoms with E-state index in [2.05, 4.69) is 40.5 Å². The van der Waals surface area contributed by atoms with Crippen molar-refractivity contribution in [3.8, 4) is 5.69 Å². The van der Waals surface area contributed by atoms with E-state index in [1.807, 2.05) is 10.7 Å². The Labute approximate surface area is 113 Å². The van der Waals surface area contributed by atoms with Gasteiger partial charge in [0.1, 0.15) is 12.7 Å². The van der Waals surface area contributed by atoms with Crippen molar-refractivity contribution >= 4 is 5.69 Å². The van der Waals surface area contributed by atoms with Gasteiger partial charge in [-0.2, -0.15) is 5.10 Å². The summed E-state index contributed by atoms with van der Waals surface area (Å²) in [5.41, 5.74) is 2.21. The second kappa shape index (κ2) is 5.43. The lowest BCUT2D eigenvalue weighted by Crippen LogP contribution is -2.25. The lowest BCUT2D eigenvalue weighted by molar-refractivity contribution is 0.361. The van der Waals surface area contributed by atoms with E-state index in [1.165, 1.54) is 25.7 Å². The molecule has 0 aliphatic heterocycles. The summed E-state index contributed by atoms with van der Waals surface area (Å²) in [4.78, 5) is 4.02. The molecule has 0 radical (unpaired) electrons. The van der Waals surface area contributed by atoms with Crippen LogP contribution in [0, 0.1) is 5.92 Å². The average Bonchev–Trinajstić information content (AvgIpc) is 2.96. The molecule has 0 bridgehead atoms. The number of rotatable bonds is 3. The molecule has 0 spiro atoms. The third kappa shape index (κ3) is 2.78. The van der Waals surface area contributed by atoms with Gasteiger partial charge in [0.15, 0.2) is 0 Å². The molecule has 0 saturated heterocycles. The standard InChI is InChI=1S/C15H20N4/c1-12-6-8-13(9-7-12)18-14-4-2-3-5-15(14)19-11-16-10-17-19/h2-5,10-13,18H,6-9H2,1H3. The summed E-state index contributed by atoms with van der Waals surface area (Å²) in [6.45, 7) is 2.35. The van der Waals surface area contributed by atoms with E-state index in [0.29, 0.717) is 6.04 Å². The Morgan fingerprint density at radius 2 is 1.95 bits per heavy atom. The van der Waals surface area contributed by atoms with Crippen molar-refractivity contribution < 1.29 is 0 Å². The van der Waals surface area contributed by atoms with Crippen molar-refractivity contribution in [1.29, 1.82) is 0 Å². The molecular weight excluding hydrogens is 236 g/mol. The zero-order valence-electron chi connectivity index (χ0n) is 11.3. The van der Waals surface area contributed by atoms with Gasteiger partial charge in [-0.05, 0) is 43.7 Å². The molecule has 0 amide bonds. The van der Waals surface area contributed by atoms with Crippen LogP contribution in [0.4, 0.5) is 5.69 Å². The van der Waals surface area contributed by atoms with Gasteiger partial charge in [-0.1, -0.05) is 19.1 Å². The molecule has 1 N–H and O–H groups in total. The minimum atomic E-state index is 0.584. The number of anilines is 1. The predicted octanol–water partition coefficient (Wildman–Crippen LogP) is 3.26. The highest BCUT2D eigenvalue weighted by Gasteiger charge is 2.18. The molecule has 2 aromatic rings. The predicted molar refractivity (Wildman–Crippen MR) is 76.4 cm³/mol. The lowest BCUT2D eigenvalue weighted by atomic mass is 9.87. The Balaban J connectivity index is 1.78. The van der Waals surface area contributed by atoms with Crippen molar-refractivity contribution in [2.75, 3.05) is 5.32 Å². The summed E-state index contributed by atoms with van der Waals surface area (Å²) in [5.74, 6) is 0.878. The molecule has 1 aromatic carbocycles. The Morgan fingerprint density at radius 1 is 1.16 bits per heavy atom. The topological polar surface area (TPSA) is 42.7 Å². The lowest BCUT2D eigenvalue weighted by Gasteiger charge is -2.28. The summed E-state index contributed by atoms with van der Waals surface area (Å²) in [5, 5.41) is 7.89. The van der Waals surface area contributed by atoms with Crippen molar-refractivity contribution in [1.82, 2.24) is 14.8 Å². The normalized spacial score (nSPS) is 23.2. The molecule has 1 fully saturated rings. The van der Waals surface area contributed by atoms with Crippen molar-refractivity contribution in [2.45, 2.75) is 38.6 Å². The Bertz CT molecular complexity index is 513. The molecule has 3 rings (SSSR count). The maximum absolute atomic E-state index is 4.22. The molecule has 1 aromatic heterocycles. The van der Waals surface area contributed by atoms with Gasteiger partial charge in [0.05, 0.1) is 11.4 Å². The molecule has 1 aliphatic carbocycles. The Morgan fingerprint density at radius 3 is 2.68 bits per heavy atom. The third-order valence-corrected chi connectivity index (χ3v) is 3.95. The van der Waals surface area contributed by atoms with Crippen LogP contribution in [0.15, 0.2) is 36.9 Å². The molecule has 100 valence electrons. The van der Waals surface area contributed by atoms with E-state index in [-0.39, 0.29) is 0 Å². The summed E-state index contributed by atoms with van der Waals surface area (Å²) in [6, 6.07) is 8.87. The molecule has 4 nitrogen and oxygen atoms in total. The monoisotopic (exact) mass is 256 g/mol. The van der Waals surface area contributed by atoms with Crippen molar-refractivity contribution in [3.05, 3.63) is 36.9 Å². The van der Waals surface area contributed by atoms with Gasteiger partial charge in [-0.3, -0.25) is 0 Å². The summed E-state index contributed by atoms with van der Waals surface area (Å²) in [7, 11) is 0. The SMILES string of the molecule is CC1CCC(Nc2ccccc2-n2cncn2)CC1. The van der Waals surface area contributed by atoms with Gasteiger partial charge in [0.2, 0.25) is 0 Å². The highest BCUT2D eigenvalue weighted by molar-refractivity contribution is 5.60. The fourth-order valence-electron chi connectivity index (χ4n) is 2.75. The van der Waals surface area contributed by atoms with Gasteiger partial charge < -0.3 is 5.32 Å². The zero-order valence-corrected chi connectivity index (χ0v) is 11.3. The van der Waals surface area contributed by atoms with Crippen LogP contribution in [0.2, 0.25) is 0 Å². The van der Waals surface area contributed by atoms with Crippen LogP contribution in [0.5, 0.6) is 0 Å². The molecule has 1 saturated carbocycles. The van der Waals surface area contributed by atoms with E-state index in [4.69, 9.17) is 0 Å². The summed E-state index contributed by atoms with van der Waals surface area (Å²) < 4.78 is 1.81. The molecule has 0 unspecified atom stereocenters. The van der Waals surface area contributed by atoms with Crippen LogP contribution in [-0.4, -0.2) is 20.8 Å². The molecule has 1 aliphatic rings. The molecule has 1 heterocycles. The Kier molecular flexibility index (Phi) is 3.49. The summed E-state index contributed by atoms with van der Waals surface area (Å²) in [6.07, 6.45) is 8.47. The van der Waals surface area contributed by atoms with Crippen molar-refractivity contribution in [3.63, 3.8) is 0 Å². The van der Waals surface area contributed by atoms with Gasteiger partial charge in [-0.25, -0.2) is 9.67 Å². The number of benzene rings is 1. The number of para-hydroxylation sites is 2. The largest absolute Gasteiger partial charge is 0.381 e. The van der Waals surface area contributed by atoms with Crippen LogP contribution in [0.25, 0.3) is 5.69 Å². The zero-order chi connectivity index (χ0) is 13.1. The fraction of sp³-hybridized carbons (Fsp3) is 0.467. The molecule has 4 heteroatoms. The quantitative estimate of drug-likeness (QED) is 0.916. The van der Waals surface area contributed by atoms with Crippen LogP contribution >= 0.6 is 0 Å². The summed E-state index contributed by atoms with van der Waals surface area (Å²) >= 11 is 0. The molecule has 0 atom stereocenters. The highest BCUT2D eigenvalue weighted by Crippen LogP contribution is 2.28. The van der Waals surface area contributed by atoms with Gasteiger partial charge in [-0.15, -0.1) is 0 Å². The minimum Gasteiger partial charge on any atom is -0.381 e. The number of hydrogen-bond acceptors (Lipinski definition) is 3. The molecular formula is C15H20N4. The number of nitrogens with one attached hydrogen (secondary N) is 1. The first kappa shape index (κ1) is 12.2. The highest BCUT2D eigenvalue weighted by atomic mass is 15.3. The first-order valence-electron chi connectivity index (χ1n) is 7.03. The number of nitrogens with zero attached hydrogens (tertiary/aromatic N) is 3. The second-order valence-corrected chi connectivity index (χ2v) is 5.46. The molecule has 19 heavy (non-hydrogen) atoms. The maximum atomic E-state index is 4.22. The maximum Gasteiger partial charge on any atom is 0.138 e. The van der Waals surface area contributed by atoms with E-state index >= 15 is 0 Å². The van der Waals surface area contributed by atoms with Crippen LogP contribution in [-0.2, 0) is 0 Å². The first-order valence-corrected chi connectivity index (χ1v) is 7.03. The van der Waals surface area contributed by atoms with E-state index < -0.39 is 0 Å². The number of aromatic nitrogens is 3. The first-order chi connectivity index (χ1) is 9.33. The van der Waals surface area contributed by atoms with Gasteiger partial charge in [0.25, 0.3) is 0 Å². The average molecular weight is 256 g/mol. The second-order valence-electron chi connectivity index (χ2n) is 5.46. The van der Waals surface area contributed by atoms with Crippen molar-refractivity contribution in [2.24, 2.45) is 5.92 Å². The van der Waals surface area contributed by atoms with Crippen LogP contribution < -0.4 is 5.32 Å². The third-order valence-electron chi connectivity index (χ3n) is 3.95. The van der Waals surface area contributed by atoms with Gasteiger partial charge in [0, 0.05) is 6.04 Å².